The Morgan fingerprint density at radius 2 is 2.14 bits per heavy atom. The lowest BCUT2D eigenvalue weighted by molar-refractivity contribution is 0.580. The largest absolute Gasteiger partial charge is 0.349 e. The van der Waals surface area contributed by atoms with Crippen LogP contribution in [0.25, 0.3) is 0 Å². The standard InChI is InChI=1S/C14H20N4O2S/c1-3-18-11-14(7-13(18)10-15-2)21(19,20)17-9-12-5-4-6-16-8-12/h4-8,11,15,17H,3,9-10H2,1-2H3. The van der Waals surface area contributed by atoms with E-state index in [2.05, 4.69) is 15.0 Å². The lowest BCUT2D eigenvalue weighted by atomic mass is 10.3. The SMILES string of the molecule is CCn1cc(S(=O)(=O)NCc2cccnc2)cc1CNC. The Balaban J connectivity index is 2.15. The van der Waals surface area contributed by atoms with Crippen LogP contribution in [0.1, 0.15) is 18.2 Å². The monoisotopic (exact) mass is 308 g/mol. The van der Waals surface area contributed by atoms with Crippen molar-refractivity contribution in [2.75, 3.05) is 7.05 Å². The molecule has 0 spiro atoms. The van der Waals surface area contributed by atoms with Crippen LogP contribution in [0.5, 0.6) is 0 Å². The second-order valence-electron chi connectivity index (χ2n) is 4.67. The van der Waals surface area contributed by atoms with Crippen molar-refractivity contribution in [3.8, 4) is 0 Å². The lowest BCUT2D eigenvalue weighted by Gasteiger charge is -2.04. The van der Waals surface area contributed by atoms with Crippen LogP contribution < -0.4 is 10.0 Å². The Hall–Kier alpha value is -1.70. The van der Waals surface area contributed by atoms with Crippen LogP contribution in [0.4, 0.5) is 0 Å². The van der Waals surface area contributed by atoms with Gasteiger partial charge in [0.25, 0.3) is 0 Å². The molecule has 0 fully saturated rings. The predicted octanol–water partition coefficient (Wildman–Crippen LogP) is 1.10. The van der Waals surface area contributed by atoms with Gasteiger partial charge in [0.1, 0.15) is 0 Å². The maximum Gasteiger partial charge on any atom is 0.242 e. The molecule has 2 aromatic rings. The molecule has 21 heavy (non-hydrogen) atoms. The topological polar surface area (TPSA) is 76.0 Å². The fourth-order valence-corrected chi connectivity index (χ4v) is 3.14. The molecule has 6 nitrogen and oxygen atoms in total. The van der Waals surface area contributed by atoms with E-state index in [1.165, 1.54) is 0 Å². The van der Waals surface area contributed by atoms with E-state index in [4.69, 9.17) is 0 Å². The van der Waals surface area contributed by atoms with E-state index in [0.717, 1.165) is 17.8 Å². The molecule has 7 heteroatoms. The molecule has 0 bridgehead atoms. The van der Waals surface area contributed by atoms with Crippen molar-refractivity contribution >= 4 is 10.0 Å². The average Bonchev–Trinajstić information content (AvgIpc) is 2.91. The fourth-order valence-electron chi connectivity index (χ4n) is 2.06. The molecular formula is C14H20N4O2S. The number of nitrogens with zero attached hydrogens (tertiary/aromatic N) is 2. The summed E-state index contributed by atoms with van der Waals surface area (Å²) < 4.78 is 29.2. The van der Waals surface area contributed by atoms with Crippen LogP contribution in [0.2, 0.25) is 0 Å². The Bertz CT molecular complexity index is 680. The molecule has 0 aliphatic rings. The summed E-state index contributed by atoms with van der Waals surface area (Å²) in [5.41, 5.74) is 1.77. The van der Waals surface area contributed by atoms with Crippen LogP contribution in [-0.2, 0) is 29.7 Å². The Labute approximate surface area is 125 Å². The Kier molecular flexibility index (Phi) is 5.11. The van der Waals surface area contributed by atoms with Gasteiger partial charge in [-0.2, -0.15) is 0 Å². The first-order chi connectivity index (χ1) is 10.1. The first kappa shape index (κ1) is 15.7. The van der Waals surface area contributed by atoms with Crippen LogP contribution in [0.15, 0.2) is 41.7 Å². The summed E-state index contributed by atoms with van der Waals surface area (Å²) in [7, 11) is -1.68. The maximum absolute atomic E-state index is 12.3. The van der Waals surface area contributed by atoms with Gasteiger partial charge in [0.05, 0.1) is 4.90 Å². The molecule has 0 aromatic carbocycles. The van der Waals surface area contributed by atoms with Gasteiger partial charge in [0.15, 0.2) is 0 Å². The minimum Gasteiger partial charge on any atom is -0.349 e. The zero-order valence-corrected chi connectivity index (χ0v) is 13.0. The highest BCUT2D eigenvalue weighted by Gasteiger charge is 2.17. The fraction of sp³-hybridized carbons (Fsp3) is 0.357. The number of hydrogen-bond donors (Lipinski definition) is 2. The maximum atomic E-state index is 12.3. The molecule has 114 valence electrons. The van der Waals surface area contributed by atoms with Crippen molar-refractivity contribution in [1.29, 1.82) is 0 Å². The van der Waals surface area contributed by atoms with E-state index in [1.54, 1.807) is 30.7 Å². The van der Waals surface area contributed by atoms with E-state index < -0.39 is 10.0 Å². The third kappa shape index (κ3) is 3.90. The van der Waals surface area contributed by atoms with E-state index in [1.807, 2.05) is 24.6 Å². The van der Waals surface area contributed by atoms with Crippen molar-refractivity contribution in [2.45, 2.75) is 31.5 Å². The summed E-state index contributed by atoms with van der Waals surface area (Å²) in [5.74, 6) is 0. The van der Waals surface area contributed by atoms with Crippen LogP contribution in [0.3, 0.4) is 0 Å². The summed E-state index contributed by atoms with van der Waals surface area (Å²) in [6.45, 7) is 3.58. The molecule has 0 aliphatic heterocycles. The van der Waals surface area contributed by atoms with Gasteiger partial charge in [-0.05, 0) is 31.7 Å². The minimum absolute atomic E-state index is 0.231. The van der Waals surface area contributed by atoms with Crippen LogP contribution in [-0.4, -0.2) is 25.0 Å². The zero-order valence-electron chi connectivity index (χ0n) is 12.2. The molecule has 2 heterocycles. The highest BCUT2D eigenvalue weighted by atomic mass is 32.2. The van der Waals surface area contributed by atoms with Crippen molar-refractivity contribution < 1.29 is 8.42 Å². The second-order valence-corrected chi connectivity index (χ2v) is 6.44. The first-order valence-corrected chi connectivity index (χ1v) is 8.27. The van der Waals surface area contributed by atoms with Crippen molar-refractivity contribution in [2.24, 2.45) is 0 Å². The lowest BCUT2D eigenvalue weighted by Crippen LogP contribution is -2.22. The Morgan fingerprint density at radius 3 is 2.76 bits per heavy atom. The molecule has 0 radical (unpaired) electrons. The highest BCUT2D eigenvalue weighted by Crippen LogP contribution is 2.15. The summed E-state index contributed by atoms with van der Waals surface area (Å²) >= 11 is 0. The van der Waals surface area contributed by atoms with Gasteiger partial charge in [-0.25, -0.2) is 13.1 Å². The number of aryl methyl sites for hydroxylation is 1. The smallest absolute Gasteiger partial charge is 0.242 e. The summed E-state index contributed by atoms with van der Waals surface area (Å²) in [6, 6.07) is 5.31. The van der Waals surface area contributed by atoms with E-state index in [0.29, 0.717) is 11.4 Å². The number of rotatable bonds is 7. The normalized spacial score (nSPS) is 11.7. The number of aromatic nitrogens is 2. The van der Waals surface area contributed by atoms with Crippen LogP contribution >= 0.6 is 0 Å². The number of sulfonamides is 1. The molecule has 0 unspecified atom stereocenters. The van der Waals surface area contributed by atoms with Gasteiger partial charge in [-0.3, -0.25) is 4.98 Å². The summed E-state index contributed by atoms with van der Waals surface area (Å²) in [4.78, 5) is 4.26. The summed E-state index contributed by atoms with van der Waals surface area (Å²) in [6.07, 6.45) is 4.97. The third-order valence-corrected chi connectivity index (χ3v) is 4.53. The highest BCUT2D eigenvalue weighted by molar-refractivity contribution is 7.89. The van der Waals surface area contributed by atoms with Crippen molar-refractivity contribution in [3.63, 3.8) is 0 Å². The summed E-state index contributed by atoms with van der Waals surface area (Å²) in [5, 5.41) is 3.04. The van der Waals surface area contributed by atoms with Gasteiger partial charge in [0, 0.05) is 43.9 Å². The van der Waals surface area contributed by atoms with Crippen molar-refractivity contribution in [3.05, 3.63) is 48.0 Å². The van der Waals surface area contributed by atoms with Crippen molar-refractivity contribution in [1.82, 2.24) is 19.6 Å². The van der Waals surface area contributed by atoms with E-state index >= 15 is 0 Å². The molecule has 0 aliphatic carbocycles. The molecule has 0 amide bonds. The van der Waals surface area contributed by atoms with Crippen LogP contribution in [0, 0.1) is 0 Å². The first-order valence-electron chi connectivity index (χ1n) is 6.79. The molecular weight excluding hydrogens is 288 g/mol. The average molecular weight is 308 g/mol. The number of nitrogens with one attached hydrogen (secondary N) is 2. The quantitative estimate of drug-likeness (QED) is 0.803. The zero-order chi connectivity index (χ0) is 15.3. The molecule has 0 saturated heterocycles. The number of pyridine rings is 1. The predicted molar refractivity (Wildman–Crippen MR) is 81.1 cm³/mol. The molecule has 0 atom stereocenters. The second kappa shape index (κ2) is 6.84. The third-order valence-electron chi connectivity index (χ3n) is 3.16. The van der Waals surface area contributed by atoms with Gasteiger partial charge in [-0.15, -0.1) is 0 Å². The van der Waals surface area contributed by atoms with Gasteiger partial charge in [-0.1, -0.05) is 6.07 Å². The van der Waals surface area contributed by atoms with E-state index in [-0.39, 0.29) is 6.54 Å². The minimum atomic E-state index is -3.51. The number of hydrogen-bond acceptors (Lipinski definition) is 4. The molecule has 2 N–H and O–H groups in total. The van der Waals surface area contributed by atoms with Gasteiger partial charge < -0.3 is 9.88 Å². The Morgan fingerprint density at radius 1 is 1.33 bits per heavy atom. The molecule has 0 saturated carbocycles. The van der Waals surface area contributed by atoms with E-state index in [9.17, 15) is 8.42 Å². The van der Waals surface area contributed by atoms with Gasteiger partial charge in [0.2, 0.25) is 10.0 Å². The molecule has 2 aromatic heterocycles. The molecule has 2 rings (SSSR count). The van der Waals surface area contributed by atoms with Gasteiger partial charge >= 0.3 is 0 Å².